The molecule has 1 aliphatic heterocycles. The summed E-state index contributed by atoms with van der Waals surface area (Å²) in [5.74, 6) is -0.877. The lowest BCUT2D eigenvalue weighted by atomic mass is 10.2. The molecule has 1 fully saturated rings. The van der Waals surface area contributed by atoms with Gasteiger partial charge in [0.2, 0.25) is 0 Å². The van der Waals surface area contributed by atoms with Crippen LogP contribution in [0.4, 0.5) is 5.69 Å². The molecule has 136 valence electrons. The zero-order valence-electron chi connectivity index (χ0n) is 14.0. The molecule has 0 aliphatic carbocycles. The van der Waals surface area contributed by atoms with E-state index < -0.39 is 5.97 Å². The molecule has 1 heterocycles. The highest BCUT2D eigenvalue weighted by Gasteiger charge is 2.23. The number of amides is 1. The van der Waals surface area contributed by atoms with E-state index in [0.717, 1.165) is 18.8 Å². The minimum Gasteiger partial charge on any atom is -0.452 e. The largest absolute Gasteiger partial charge is 0.452 e. The van der Waals surface area contributed by atoms with Crippen LogP contribution in [-0.2, 0) is 9.53 Å². The van der Waals surface area contributed by atoms with Crippen molar-refractivity contribution in [3.05, 3.63) is 64.1 Å². The number of rotatable bonds is 4. The van der Waals surface area contributed by atoms with Gasteiger partial charge in [0.25, 0.3) is 5.91 Å². The molecule has 0 spiro atoms. The Hall–Kier alpha value is -2.24. The molecule has 0 saturated carbocycles. The Balaban J connectivity index is 1.50. The third-order valence-electron chi connectivity index (χ3n) is 4.23. The molecular formula is C19H18Cl2N2O3. The summed E-state index contributed by atoms with van der Waals surface area (Å²) in [5.41, 5.74) is 1.29. The van der Waals surface area contributed by atoms with E-state index in [4.69, 9.17) is 27.9 Å². The van der Waals surface area contributed by atoms with Crippen LogP contribution < -0.4 is 4.90 Å². The summed E-state index contributed by atoms with van der Waals surface area (Å²) in [6.07, 6.45) is 0. The van der Waals surface area contributed by atoms with Crippen molar-refractivity contribution in [3.8, 4) is 0 Å². The number of anilines is 1. The normalized spacial score (nSPS) is 14.2. The van der Waals surface area contributed by atoms with Crippen molar-refractivity contribution in [2.45, 2.75) is 0 Å². The Labute approximate surface area is 162 Å². The van der Waals surface area contributed by atoms with Crippen LogP contribution in [0.15, 0.2) is 48.5 Å². The van der Waals surface area contributed by atoms with E-state index in [1.807, 2.05) is 30.3 Å². The molecule has 1 amide bonds. The molecule has 0 unspecified atom stereocenters. The zero-order chi connectivity index (χ0) is 18.5. The molecule has 0 radical (unpaired) electrons. The highest BCUT2D eigenvalue weighted by atomic mass is 35.5. The van der Waals surface area contributed by atoms with Crippen LogP contribution in [0.25, 0.3) is 0 Å². The number of benzene rings is 2. The topological polar surface area (TPSA) is 49.9 Å². The molecule has 7 heteroatoms. The van der Waals surface area contributed by atoms with Gasteiger partial charge in [-0.1, -0.05) is 41.4 Å². The smallest absolute Gasteiger partial charge is 0.340 e. The van der Waals surface area contributed by atoms with Crippen LogP contribution in [0.5, 0.6) is 0 Å². The highest BCUT2D eigenvalue weighted by Crippen LogP contribution is 2.21. The van der Waals surface area contributed by atoms with Gasteiger partial charge in [0, 0.05) is 36.9 Å². The summed E-state index contributed by atoms with van der Waals surface area (Å²) in [6.45, 7) is 2.34. The van der Waals surface area contributed by atoms with E-state index in [1.54, 1.807) is 11.0 Å². The first-order valence-electron chi connectivity index (χ1n) is 8.24. The summed E-state index contributed by atoms with van der Waals surface area (Å²) in [4.78, 5) is 28.3. The summed E-state index contributed by atoms with van der Waals surface area (Å²) in [6, 6.07) is 14.6. The molecule has 2 aromatic carbocycles. The van der Waals surface area contributed by atoms with Crippen LogP contribution in [0, 0.1) is 0 Å². The van der Waals surface area contributed by atoms with Gasteiger partial charge in [-0.15, -0.1) is 0 Å². The fraction of sp³-hybridized carbons (Fsp3) is 0.263. The van der Waals surface area contributed by atoms with E-state index in [-0.39, 0.29) is 23.1 Å². The van der Waals surface area contributed by atoms with Crippen molar-refractivity contribution in [2.75, 3.05) is 37.7 Å². The SMILES string of the molecule is O=C(OCC(=O)N1CCN(c2ccccc2)CC1)c1cc(Cl)ccc1Cl. The van der Waals surface area contributed by atoms with Gasteiger partial charge in [0.1, 0.15) is 0 Å². The van der Waals surface area contributed by atoms with Gasteiger partial charge in [-0.25, -0.2) is 4.79 Å². The standard InChI is InChI=1S/C19H18Cl2N2O3/c20-14-6-7-17(21)16(12-14)19(25)26-13-18(24)23-10-8-22(9-11-23)15-4-2-1-3-5-15/h1-7,12H,8-11,13H2. The first-order valence-corrected chi connectivity index (χ1v) is 9.00. The second-order valence-electron chi connectivity index (χ2n) is 5.90. The zero-order valence-corrected chi connectivity index (χ0v) is 15.5. The minimum atomic E-state index is -0.659. The quantitative estimate of drug-likeness (QED) is 0.747. The molecule has 2 aromatic rings. The van der Waals surface area contributed by atoms with Gasteiger partial charge in [-0.05, 0) is 30.3 Å². The number of hydrogen-bond acceptors (Lipinski definition) is 4. The Morgan fingerprint density at radius 2 is 1.65 bits per heavy atom. The maximum Gasteiger partial charge on any atom is 0.340 e. The number of ether oxygens (including phenoxy) is 1. The molecule has 26 heavy (non-hydrogen) atoms. The van der Waals surface area contributed by atoms with Crippen LogP contribution in [-0.4, -0.2) is 49.6 Å². The highest BCUT2D eigenvalue weighted by molar-refractivity contribution is 6.35. The van der Waals surface area contributed by atoms with Gasteiger partial charge >= 0.3 is 5.97 Å². The first-order chi connectivity index (χ1) is 12.5. The Bertz CT molecular complexity index is 791. The number of esters is 1. The molecule has 0 atom stereocenters. The van der Waals surface area contributed by atoms with Crippen LogP contribution in [0.2, 0.25) is 10.0 Å². The third kappa shape index (κ3) is 4.48. The number of para-hydroxylation sites is 1. The molecular weight excluding hydrogens is 375 g/mol. The lowest BCUT2D eigenvalue weighted by Crippen LogP contribution is -2.49. The van der Waals surface area contributed by atoms with Crippen molar-refractivity contribution in [1.82, 2.24) is 4.90 Å². The molecule has 1 saturated heterocycles. The molecule has 0 aromatic heterocycles. The maximum absolute atomic E-state index is 12.3. The number of nitrogens with zero attached hydrogens (tertiary/aromatic N) is 2. The number of halogens is 2. The predicted molar refractivity (Wildman–Crippen MR) is 102 cm³/mol. The second kappa shape index (κ2) is 8.43. The molecule has 3 rings (SSSR count). The van der Waals surface area contributed by atoms with Gasteiger partial charge in [0.15, 0.2) is 6.61 Å². The Morgan fingerprint density at radius 1 is 0.962 bits per heavy atom. The summed E-state index contributed by atoms with van der Waals surface area (Å²) in [7, 11) is 0. The van der Waals surface area contributed by atoms with Crippen molar-refractivity contribution in [2.24, 2.45) is 0 Å². The average molecular weight is 393 g/mol. The average Bonchev–Trinajstić information content (AvgIpc) is 2.68. The third-order valence-corrected chi connectivity index (χ3v) is 4.79. The maximum atomic E-state index is 12.3. The van der Waals surface area contributed by atoms with Gasteiger partial charge < -0.3 is 14.5 Å². The lowest BCUT2D eigenvalue weighted by molar-refractivity contribution is -0.134. The fourth-order valence-corrected chi connectivity index (χ4v) is 3.17. The monoisotopic (exact) mass is 392 g/mol. The van der Waals surface area contributed by atoms with Gasteiger partial charge in [0.05, 0.1) is 10.6 Å². The number of carbonyl (C=O) groups excluding carboxylic acids is 2. The number of hydrogen-bond donors (Lipinski definition) is 0. The van der Waals surface area contributed by atoms with E-state index >= 15 is 0 Å². The summed E-state index contributed by atoms with van der Waals surface area (Å²) >= 11 is 11.8. The van der Waals surface area contributed by atoms with Crippen molar-refractivity contribution >= 4 is 40.8 Å². The minimum absolute atomic E-state index is 0.154. The molecule has 0 N–H and O–H groups in total. The molecule has 1 aliphatic rings. The summed E-state index contributed by atoms with van der Waals surface area (Å²) < 4.78 is 5.10. The molecule has 0 bridgehead atoms. The Morgan fingerprint density at radius 3 is 2.35 bits per heavy atom. The first kappa shape index (κ1) is 18.5. The number of piperazine rings is 1. The van der Waals surface area contributed by atoms with Gasteiger partial charge in [-0.2, -0.15) is 0 Å². The van der Waals surface area contributed by atoms with Gasteiger partial charge in [-0.3, -0.25) is 4.79 Å². The van der Waals surface area contributed by atoms with Crippen molar-refractivity contribution in [1.29, 1.82) is 0 Å². The van der Waals surface area contributed by atoms with Crippen LogP contribution in [0.1, 0.15) is 10.4 Å². The number of carbonyl (C=O) groups is 2. The Kier molecular flexibility index (Phi) is 6.01. The van der Waals surface area contributed by atoms with E-state index in [2.05, 4.69) is 4.90 Å². The lowest BCUT2D eigenvalue weighted by Gasteiger charge is -2.36. The van der Waals surface area contributed by atoms with Crippen molar-refractivity contribution < 1.29 is 14.3 Å². The molecule has 5 nitrogen and oxygen atoms in total. The van der Waals surface area contributed by atoms with Crippen molar-refractivity contribution in [3.63, 3.8) is 0 Å². The van der Waals surface area contributed by atoms with Crippen LogP contribution in [0.3, 0.4) is 0 Å². The second-order valence-corrected chi connectivity index (χ2v) is 6.75. The summed E-state index contributed by atoms with van der Waals surface area (Å²) in [5, 5.41) is 0.619. The van der Waals surface area contributed by atoms with E-state index in [9.17, 15) is 9.59 Å². The predicted octanol–water partition coefficient (Wildman–Crippen LogP) is 3.50. The van der Waals surface area contributed by atoms with E-state index in [1.165, 1.54) is 12.1 Å². The fourth-order valence-electron chi connectivity index (χ4n) is 2.80. The van der Waals surface area contributed by atoms with Crippen LogP contribution >= 0.6 is 23.2 Å². The van der Waals surface area contributed by atoms with E-state index in [0.29, 0.717) is 18.1 Å².